The molecule has 0 amide bonds. The molecule has 0 aliphatic heterocycles. The predicted molar refractivity (Wildman–Crippen MR) is 98.1 cm³/mol. The number of halogens is 1. The first-order valence-corrected chi connectivity index (χ1v) is 6.77. The van der Waals surface area contributed by atoms with Gasteiger partial charge >= 0.3 is 0 Å². The van der Waals surface area contributed by atoms with Gasteiger partial charge in [0.05, 0.1) is 13.7 Å². The Morgan fingerprint density at radius 3 is 2.70 bits per heavy atom. The number of phenols is 1. The van der Waals surface area contributed by atoms with Gasteiger partial charge in [0.25, 0.3) is 0 Å². The fourth-order valence-corrected chi connectivity index (χ4v) is 1.87. The Morgan fingerprint density at radius 2 is 2.09 bits per heavy atom. The van der Waals surface area contributed by atoms with Crippen molar-refractivity contribution in [2.75, 3.05) is 14.2 Å². The van der Waals surface area contributed by atoms with E-state index in [9.17, 15) is 5.11 Å². The summed E-state index contributed by atoms with van der Waals surface area (Å²) >= 11 is 0. The number of ether oxygens (including phenoxy) is 1. The number of aliphatic imine (C=N–C) groups is 1. The molecule has 0 unspecified atom stereocenters. The van der Waals surface area contributed by atoms with E-state index in [4.69, 9.17) is 4.74 Å². The summed E-state index contributed by atoms with van der Waals surface area (Å²) in [6.45, 7) is 0.918. The topological polar surface area (TPSA) is 96.6 Å². The summed E-state index contributed by atoms with van der Waals surface area (Å²) in [5.41, 5.74) is 0.723. The van der Waals surface area contributed by atoms with Gasteiger partial charge in [-0.05, 0) is 18.2 Å². The van der Waals surface area contributed by atoms with E-state index in [0.717, 1.165) is 11.4 Å². The van der Waals surface area contributed by atoms with Crippen LogP contribution in [0.1, 0.15) is 11.4 Å². The molecule has 1 aromatic carbocycles. The molecule has 0 saturated heterocycles. The van der Waals surface area contributed by atoms with Gasteiger partial charge in [-0.1, -0.05) is 0 Å². The molecule has 0 atom stereocenters. The summed E-state index contributed by atoms with van der Waals surface area (Å²) < 4.78 is 6.84. The quantitative estimate of drug-likeness (QED) is 0.371. The van der Waals surface area contributed by atoms with Gasteiger partial charge < -0.3 is 20.5 Å². The van der Waals surface area contributed by atoms with E-state index in [0.29, 0.717) is 24.8 Å². The van der Waals surface area contributed by atoms with Crippen molar-refractivity contribution in [2.45, 2.75) is 13.1 Å². The lowest BCUT2D eigenvalue weighted by atomic mass is 10.2. The molecular formula is C14H21IN6O2. The highest BCUT2D eigenvalue weighted by Crippen LogP contribution is 2.22. The lowest BCUT2D eigenvalue weighted by molar-refractivity contribution is 0.410. The minimum atomic E-state index is 0. The summed E-state index contributed by atoms with van der Waals surface area (Å²) in [6, 6.07) is 5.09. The van der Waals surface area contributed by atoms with Crippen LogP contribution >= 0.6 is 24.0 Å². The predicted octanol–water partition coefficient (Wildman–Crippen LogP) is 1.01. The van der Waals surface area contributed by atoms with E-state index in [2.05, 4.69) is 25.7 Å². The third kappa shape index (κ3) is 5.27. The number of nitrogens with zero attached hydrogens (tertiary/aromatic N) is 4. The van der Waals surface area contributed by atoms with Crippen LogP contribution in [-0.4, -0.2) is 40.0 Å². The monoisotopic (exact) mass is 432 g/mol. The molecule has 126 valence electrons. The van der Waals surface area contributed by atoms with E-state index in [1.165, 1.54) is 6.33 Å². The summed E-state index contributed by atoms with van der Waals surface area (Å²) in [6.07, 6.45) is 1.50. The Bertz CT molecular complexity index is 658. The first-order chi connectivity index (χ1) is 10.6. The van der Waals surface area contributed by atoms with Crippen LogP contribution in [-0.2, 0) is 20.1 Å². The maximum atomic E-state index is 9.86. The number of rotatable bonds is 5. The number of nitrogens with one attached hydrogen (secondary N) is 2. The minimum Gasteiger partial charge on any atom is -0.508 e. The molecule has 3 N–H and O–H groups in total. The highest BCUT2D eigenvalue weighted by molar-refractivity contribution is 14.0. The van der Waals surface area contributed by atoms with Gasteiger partial charge in [0, 0.05) is 26.2 Å². The smallest absolute Gasteiger partial charge is 0.191 e. The largest absolute Gasteiger partial charge is 0.508 e. The van der Waals surface area contributed by atoms with Crippen LogP contribution in [0.2, 0.25) is 0 Å². The first-order valence-electron chi connectivity index (χ1n) is 6.77. The molecule has 23 heavy (non-hydrogen) atoms. The minimum absolute atomic E-state index is 0. The molecule has 9 heteroatoms. The number of phenolic OH excluding ortho intramolecular Hbond substituents is 1. The van der Waals surface area contributed by atoms with E-state index in [-0.39, 0.29) is 29.7 Å². The maximum absolute atomic E-state index is 9.86. The number of guanidine groups is 1. The van der Waals surface area contributed by atoms with Gasteiger partial charge in [-0.3, -0.25) is 9.67 Å². The zero-order chi connectivity index (χ0) is 15.9. The van der Waals surface area contributed by atoms with Crippen LogP contribution in [0.4, 0.5) is 0 Å². The number of aryl methyl sites for hydroxylation is 1. The van der Waals surface area contributed by atoms with Crippen molar-refractivity contribution in [2.24, 2.45) is 12.0 Å². The number of hydrogen-bond acceptors (Lipinski definition) is 5. The second-order valence-corrected chi connectivity index (χ2v) is 4.57. The molecule has 0 bridgehead atoms. The second-order valence-electron chi connectivity index (χ2n) is 4.57. The van der Waals surface area contributed by atoms with Crippen molar-refractivity contribution in [3.63, 3.8) is 0 Å². The van der Waals surface area contributed by atoms with E-state index in [1.54, 1.807) is 37.0 Å². The highest BCUT2D eigenvalue weighted by Gasteiger charge is 2.06. The average molecular weight is 432 g/mol. The van der Waals surface area contributed by atoms with Gasteiger partial charge in [-0.25, -0.2) is 4.98 Å². The zero-order valence-electron chi connectivity index (χ0n) is 13.3. The molecule has 8 nitrogen and oxygen atoms in total. The first kappa shape index (κ1) is 19.0. The summed E-state index contributed by atoms with van der Waals surface area (Å²) in [5, 5.41) is 20.1. The number of benzene rings is 1. The van der Waals surface area contributed by atoms with Crippen LogP contribution in [0.15, 0.2) is 29.5 Å². The van der Waals surface area contributed by atoms with Gasteiger partial charge in [-0.2, -0.15) is 5.10 Å². The van der Waals surface area contributed by atoms with Crippen LogP contribution < -0.4 is 15.4 Å². The fraction of sp³-hybridized carbons (Fsp3) is 0.357. The van der Waals surface area contributed by atoms with Crippen molar-refractivity contribution in [1.29, 1.82) is 0 Å². The van der Waals surface area contributed by atoms with Crippen LogP contribution in [0, 0.1) is 0 Å². The van der Waals surface area contributed by atoms with E-state index >= 15 is 0 Å². The number of aromatic hydroxyl groups is 1. The number of hydrogen-bond donors (Lipinski definition) is 3. The summed E-state index contributed by atoms with van der Waals surface area (Å²) in [5.74, 6) is 2.30. The van der Waals surface area contributed by atoms with Crippen LogP contribution in [0.3, 0.4) is 0 Å². The lowest BCUT2D eigenvalue weighted by Gasteiger charge is -2.13. The Hall–Kier alpha value is -2.04. The lowest BCUT2D eigenvalue weighted by Crippen LogP contribution is -2.36. The van der Waals surface area contributed by atoms with E-state index in [1.807, 2.05) is 7.05 Å². The molecule has 0 radical (unpaired) electrons. The van der Waals surface area contributed by atoms with E-state index < -0.39 is 0 Å². The molecule has 2 aromatic rings. The van der Waals surface area contributed by atoms with Gasteiger partial charge in [-0.15, -0.1) is 24.0 Å². The third-order valence-corrected chi connectivity index (χ3v) is 3.18. The molecule has 0 aliphatic rings. The number of methoxy groups -OCH3 is 1. The van der Waals surface area contributed by atoms with Crippen molar-refractivity contribution in [3.8, 4) is 11.5 Å². The van der Waals surface area contributed by atoms with Gasteiger partial charge in [0.15, 0.2) is 5.96 Å². The molecule has 1 aromatic heterocycles. The van der Waals surface area contributed by atoms with Crippen molar-refractivity contribution < 1.29 is 9.84 Å². The normalized spacial score (nSPS) is 10.8. The van der Waals surface area contributed by atoms with Crippen molar-refractivity contribution in [1.82, 2.24) is 25.4 Å². The standard InChI is InChI=1S/C14H20N6O2.HI/c1-15-14(17-8-13-18-9-19-20(13)2)16-7-10-6-11(22-3)4-5-12(10)21;/h4-6,9,21H,7-8H2,1-3H3,(H2,15,16,17);1H. The Labute approximate surface area is 152 Å². The molecular weight excluding hydrogens is 411 g/mol. The van der Waals surface area contributed by atoms with Crippen LogP contribution in [0.25, 0.3) is 0 Å². The Balaban J connectivity index is 0.00000264. The molecule has 1 heterocycles. The van der Waals surface area contributed by atoms with Crippen LogP contribution in [0.5, 0.6) is 11.5 Å². The average Bonchev–Trinajstić information content (AvgIpc) is 2.94. The summed E-state index contributed by atoms with van der Waals surface area (Å²) in [7, 11) is 5.09. The highest BCUT2D eigenvalue weighted by atomic mass is 127. The Kier molecular flexibility index (Phi) is 7.59. The zero-order valence-corrected chi connectivity index (χ0v) is 15.6. The maximum Gasteiger partial charge on any atom is 0.191 e. The second kappa shape index (κ2) is 9.18. The number of aromatic nitrogens is 3. The molecule has 0 saturated carbocycles. The van der Waals surface area contributed by atoms with Gasteiger partial charge in [0.1, 0.15) is 23.7 Å². The Morgan fingerprint density at radius 1 is 1.35 bits per heavy atom. The SMILES string of the molecule is CN=C(NCc1cc(OC)ccc1O)NCc1ncnn1C.I. The van der Waals surface area contributed by atoms with Crippen molar-refractivity contribution >= 4 is 29.9 Å². The van der Waals surface area contributed by atoms with Crippen molar-refractivity contribution in [3.05, 3.63) is 35.9 Å². The molecule has 0 fully saturated rings. The van der Waals surface area contributed by atoms with Gasteiger partial charge in [0.2, 0.25) is 0 Å². The summed E-state index contributed by atoms with van der Waals surface area (Å²) in [4.78, 5) is 8.26. The fourth-order valence-electron chi connectivity index (χ4n) is 1.87. The molecule has 2 rings (SSSR count). The molecule has 0 spiro atoms. The molecule has 0 aliphatic carbocycles. The third-order valence-electron chi connectivity index (χ3n) is 3.18.